The van der Waals surface area contributed by atoms with Gasteiger partial charge in [0.05, 0.1) is 37.4 Å². The van der Waals surface area contributed by atoms with E-state index in [1.165, 1.54) is 0 Å². The van der Waals surface area contributed by atoms with Gasteiger partial charge in [-0.3, -0.25) is 0 Å². The van der Waals surface area contributed by atoms with Crippen molar-refractivity contribution in [1.29, 1.82) is 0 Å². The molecular formula is C7H19NO5S. The molecule has 0 aliphatic rings. The minimum absolute atomic E-state index is 0. The molecule has 0 unspecified atom stereocenters. The molecule has 0 saturated carbocycles. The molecule has 0 aliphatic heterocycles. The lowest BCUT2D eigenvalue weighted by atomic mass is 10.4. The summed E-state index contributed by atoms with van der Waals surface area (Å²) >= 11 is 0. The number of likely N-dealkylation sites (N-methyl/N-ethyl adjacent to an activating group) is 1. The molecule has 88 valence electrons. The SMILES string of the molecule is C[N+](C)(CCO)CCCS(=O)(=O)[O-].O. The molecule has 0 aromatic heterocycles. The Morgan fingerprint density at radius 2 is 1.79 bits per heavy atom. The fourth-order valence-corrected chi connectivity index (χ4v) is 1.53. The van der Waals surface area contributed by atoms with Gasteiger partial charge in [-0.2, -0.15) is 0 Å². The van der Waals surface area contributed by atoms with Gasteiger partial charge in [0.1, 0.15) is 6.54 Å². The van der Waals surface area contributed by atoms with Crippen LogP contribution in [0.4, 0.5) is 0 Å². The number of quaternary nitrogens is 1. The summed E-state index contributed by atoms with van der Waals surface area (Å²) in [5, 5.41) is 8.67. The zero-order chi connectivity index (χ0) is 10.5. The van der Waals surface area contributed by atoms with Crippen molar-refractivity contribution >= 4 is 10.1 Å². The van der Waals surface area contributed by atoms with Crippen LogP contribution < -0.4 is 0 Å². The average Bonchev–Trinajstić information content (AvgIpc) is 1.82. The first kappa shape index (κ1) is 16.2. The van der Waals surface area contributed by atoms with Gasteiger partial charge in [0.15, 0.2) is 0 Å². The number of hydrogen-bond acceptors (Lipinski definition) is 4. The highest BCUT2D eigenvalue weighted by atomic mass is 32.2. The zero-order valence-corrected chi connectivity index (χ0v) is 9.38. The van der Waals surface area contributed by atoms with Crippen molar-refractivity contribution in [2.75, 3.05) is 39.5 Å². The van der Waals surface area contributed by atoms with Crippen molar-refractivity contribution in [3.05, 3.63) is 0 Å². The molecule has 3 N–H and O–H groups in total. The van der Waals surface area contributed by atoms with E-state index in [1.54, 1.807) is 0 Å². The zero-order valence-electron chi connectivity index (χ0n) is 8.56. The van der Waals surface area contributed by atoms with Crippen molar-refractivity contribution in [2.24, 2.45) is 0 Å². The van der Waals surface area contributed by atoms with Crippen LogP contribution in [0, 0.1) is 0 Å². The maximum Gasteiger partial charge on any atom is 0.102 e. The molecule has 0 radical (unpaired) electrons. The van der Waals surface area contributed by atoms with Crippen molar-refractivity contribution in [1.82, 2.24) is 0 Å². The van der Waals surface area contributed by atoms with E-state index in [2.05, 4.69) is 0 Å². The van der Waals surface area contributed by atoms with E-state index < -0.39 is 10.1 Å². The van der Waals surface area contributed by atoms with Crippen molar-refractivity contribution < 1.29 is 28.0 Å². The van der Waals surface area contributed by atoms with Gasteiger partial charge in [-0.25, -0.2) is 8.42 Å². The van der Waals surface area contributed by atoms with Crippen LogP contribution in [0.3, 0.4) is 0 Å². The number of aliphatic hydroxyl groups excluding tert-OH is 1. The minimum Gasteiger partial charge on any atom is -0.748 e. The predicted molar refractivity (Wildman–Crippen MR) is 51.7 cm³/mol. The molecule has 0 spiro atoms. The van der Waals surface area contributed by atoms with E-state index in [4.69, 9.17) is 5.11 Å². The van der Waals surface area contributed by atoms with Gasteiger partial charge in [-0.1, -0.05) is 0 Å². The highest BCUT2D eigenvalue weighted by Crippen LogP contribution is 1.99. The van der Waals surface area contributed by atoms with Crippen LogP contribution in [-0.2, 0) is 10.1 Å². The molecule has 0 rings (SSSR count). The smallest absolute Gasteiger partial charge is 0.102 e. The molecule has 14 heavy (non-hydrogen) atoms. The van der Waals surface area contributed by atoms with E-state index in [0.717, 1.165) is 0 Å². The minimum atomic E-state index is -4.08. The molecule has 0 fully saturated rings. The van der Waals surface area contributed by atoms with Crippen LogP contribution in [0.5, 0.6) is 0 Å². The first-order chi connectivity index (χ1) is 5.77. The van der Waals surface area contributed by atoms with Crippen molar-refractivity contribution in [3.63, 3.8) is 0 Å². The van der Waals surface area contributed by atoms with Gasteiger partial charge in [0, 0.05) is 12.2 Å². The van der Waals surface area contributed by atoms with Crippen LogP contribution in [0.1, 0.15) is 6.42 Å². The molecule has 0 aliphatic carbocycles. The second-order valence-electron chi connectivity index (χ2n) is 3.72. The summed E-state index contributed by atoms with van der Waals surface area (Å²) in [6, 6.07) is 0. The maximum absolute atomic E-state index is 10.3. The third-order valence-electron chi connectivity index (χ3n) is 1.86. The Kier molecular flexibility index (Phi) is 7.31. The Morgan fingerprint density at radius 3 is 2.14 bits per heavy atom. The average molecular weight is 229 g/mol. The van der Waals surface area contributed by atoms with Gasteiger partial charge in [0.25, 0.3) is 0 Å². The van der Waals surface area contributed by atoms with Crippen molar-refractivity contribution in [3.8, 4) is 0 Å². The third kappa shape index (κ3) is 9.87. The number of aliphatic hydroxyl groups is 1. The van der Waals surface area contributed by atoms with Crippen LogP contribution >= 0.6 is 0 Å². The summed E-state index contributed by atoms with van der Waals surface area (Å²) in [7, 11) is -0.319. The Balaban J connectivity index is 0. The summed E-state index contributed by atoms with van der Waals surface area (Å²) < 4.78 is 31.3. The molecule has 0 saturated heterocycles. The third-order valence-corrected chi connectivity index (χ3v) is 2.65. The predicted octanol–water partition coefficient (Wildman–Crippen LogP) is -1.83. The molecule has 0 heterocycles. The topological polar surface area (TPSA) is 109 Å². The second kappa shape index (κ2) is 6.31. The van der Waals surface area contributed by atoms with Crippen molar-refractivity contribution in [2.45, 2.75) is 6.42 Å². The first-order valence-corrected chi connectivity index (χ1v) is 5.71. The highest BCUT2D eigenvalue weighted by molar-refractivity contribution is 7.85. The first-order valence-electron chi connectivity index (χ1n) is 4.13. The van der Waals surface area contributed by atoms with E-state index in [0.29, 0.717) is 24.0 Å². The lowest BCUT2D eigenvalue weighted by Crippen LogP contribution is -2.43. The van der Waals surface area contributed by atoms with Gasteiger partial charge in [-0.05, 0) is 0 Å². The number of nitrogens with zero attached hydrogens (tertiary/aromatic N) is 1. The van der Waals surface area contributed by atoms with Crippen LogP contribution in [0.25, 0.3) is 0 Å². The molecule has 0 bridgehead atoms. The highest BCUT2D eigenvalue weighted by Gasteiger charge is 2.13. The summed E-state index contributed by atoms with van der Waals surface area (Å²) in [4.78, 5) is 0. The Hall–Kier alpha value is -0.210. The summed E-state index contributed by atoms with van der Waals surface area (Å²) in [5.74, 6) is -0.319. The molecule has 0 aromatic carbocycles. The molecule has 7 heteroatoms. The largest absolute Gasteiger partial charge is 0.748 e. The Labute approximate surface area is 84.8 Å². The number of hydrogen-bond donors (Lipinski definition) is 1. The summed E-state index contributed by atoms with van der Waals surface area (Å²) in [6.45, 7) is 1.22. The monoisotopic (exact) mass is 229 g/mol. The number of rotatable bonds is 6. The fourth-order valence-electron chi connectivity index (χ4n) is 1.05. The van der Waals surface area contributed by atoms with Gasteiger partial charge in [-0.15, -0.1) is 0 Å². The molecule has 0 aromatic rings. The van der Waals surface area contributed by atoms with Crippen LogP contribution in [-0.4, -0.2) is 67.6 Å². The van der Waals surface area contributed by atoms with Gasteiger partial charge < -0.3 is 19.6 Å². The lowest BCUT2D eigenvalue weighted by Gasteiger charge is -2.29. The quantitative estimate of drug-likeness (QED) is 0.426. The summed E-state index contributed by atoms with van der Waals surface area (Å²) in [5.41, 5.74) is 0. The van der Waals surface area contributed by atoms with Gasteiger partial charge >= 0.3 is 0 Å². The normalized spacial score (nSPS) is 12.3. The van der Waals surface area contributed by atoms with E-state index >= 15 is 0 Å². The maximum atomic E-state index is 10.3. The van der Waals surface area contributed by atoms with E-state index in [9.17, 15) is 13.0 Å². The molecule has 0 amide bonds. The molecular weight excluding hydrogens is 210 g/mol. The van der Waals surface area contributed by atoms with Crippen LogP contribution in [0.15, 0.2) is 0 Å². The van der Waals surface area contributed by atoms with E-state index in [1.807, 2.05) is 14.1 Å². The molecule has 6 nitrogen and oxygen atoms in total. The Bertz CT molecular complexity index is 236. The Morgan fingerprint density at radius 1 is 1.29 bits per heavy atom. The standard InChI is InChI=1S/C7H17NO4S.H2O/c1-8(2,5-6-9)4-3-7-13(10,11)12;/h9H,3-7H2,1-2H3;1H2. The summed E-state index contributed by atoms with van der Waals surface area (Å²) in [6.07, 6.45) is 0.346. The van der Waals surface area contributed by atoms with Crippen LogP contribution in [0.2, 0.25) is 0 Å². The fraction of sp³-hybridized carbons (Fsp3) is 1.00. The van der Waals surface area contributed by atoms with Gasteiger partial charge in [0.2, 0.25) is 0 Å². The molecule has 0 atom stereocenters. The van der Waals surface area contributed by atoms with E-state index in [-0.39, 0.29) is 17.8 Å². The second-order valence-corrected chi connectivity index (χ2v) is 5.25. The lowest BCUT2D eigenvalue weighted by molar-refractivity contribution is -0.890.